The Morgan fingerprint density at radius 1 is 0.233 bits per heavy atom. The van der Waals surface area contributed by atoms with Gasteiger partial charge >= 0.3 is 0 Å². The number of nitrogens with zero attached hydrogens (tertiary/aromatic N) is 1. The minimum absolute atomic E-state index is 0.918. The fourth-order valence-electron chi connectivity index (χ4n) is 8.50. The zero-order valence-corrected chi connectivity index (χ0v) is 32.9. The van der Waals surface area contributed by atoms with Crippen LogP contribution in [-0.2, 0) is 0 Å². The molecule has 0 saturated heterocycles. The molecule has 0 fully saturated rings. The van der Waals surface area contributed by atoms with E-state index in [2.05, 4.69) is 229 Å². The van der Waals surface area contributed by atoms with Gasteiger partial charge in [-0.05, 0) is 127 Å². The van der Waals surface area contributed by atoms with E-state index >= 15 is 0 Å². The fraction of sp³-hybridized carbons (Fsp3) is 0. The van der Waals surface area contributed by atoms with Gasteiger partial charge in [0.2, 0.25) is 0 Å². The SMILES string of the molecule is c1ccc(-c2ccc(-c3ccc(N(c4ccc(-c5ccc6cc7oc8ccccc8c7cc6c5)cc4)c4cccc(-c5ccc(-c6ccccc6)cc5)c4)cc3)cc2)cc1. The summed E-state index contributed by atoms with van der Waals surface area (Å²) >= 11 is 0. The molecule has 0 spiro atoms. The van der Waals surface area contributed by atoms with Crippen LogP contribution in [0.3, 0.4) is 0 Å². The molecule has 1 aromatic heterocycles. The zero-order valence-electron chi connectivity index (χ0n) is 32.9. The molecule has 0 aliphatic rings. The number of hydrogen-bond acceptors (Lipinski definition) is 2. The van der Waals surface area contributed by atoms with E-state index in [0.717, 1.165) is 39.0 Å². The lowest BCUT2D eigenvalue weighted by atomic mass is 9.98. The molecule has 0 amide bonds. The van der Waals surface area contributed by atoms with Crippen molar-refractivity contribution in [1.82, 2.24) is 0 Å². The van der Waals surface area contributed by atoms with Gasteiger partial charge in [0.05, 0.1) is 0 Å². The second-order valence-electron chi connectivity index (χ2n) is 15.4. The van der Waals surface area contributed by atoms with Gasteiger partial charge in [-0.1, -0.05) is 176 Å². The van der Waals surface area contributed by atoms with Gasteiger partial charge in [0, 0.05) is 27.8 Å². The predicted octanol–water partition coefficient (Wildman–Crippen LogP) is 16.5. The van der Waals surface area contributed by atoms with Crippen LogP contribution in [0.25, 0.3) is 88.3 Å². The summed E-state index contributed by atoms with van der Waals surface area (Å²) in [6.45, 7) is 0. The van der Waals surface area contributed by atoms with E-state index < -0.39 is 0 Å². The first-order chi connectivity index (χ1) is 29.7. The predicted molar refractivity (Wildman–Crippen MR) is 253 cm³/mol. The lowest BCUT2D eigenvalue weighted by molar-refractivity contribution is 0.669. The molecular weight excluding hydrogens is 727 g/mol. The molecule has 0 aliphatic heterocycles. The minimum Gasteiger partial charge on any atom is -0.456 e. The summed E-state index contributed by atoms with van der Waals surface area (Å²) in [5.41, 5.74) is 17.0. The maximum atomic E-state index is 6.18. The molecule has 0 bridgehead atoms. The molecule has 60 heavy (non-hydrogen) atoms. The third-order valence-electron chi connectivity index (χ3n) is 11.7. The molecule has 0 N–H and O–H groups in total. The highest BCUT2D eigenvalue weighted by atomic mass is 16.3. The first kappa shape index (κ1) is 35.2. The Morgan fingerprint density at radius 2 is 0.667 bits per heavy atom. The van der Waals surface area contributed by atoms with E-state index in [4.69, 9.17) is 4.42 Å². The van der Waals surface area contributed by atoms with Gasteiger partial charge in [-0.15, -0.1) is 0 Å². The topological polar surface area (TPSA) is 16.4 Å². The van der Waals surface area contributed by atoms with E-state index in [1.165, 1.54) is 66.4 Å². The standard InChI is InChI=1S/C58H39NO/c1-3-10-40(11-4-1)42-18-20-44(21-19-42)45-28-32-52(33-29-45)59(54-15-9-14-48(37-54)46-24-22-43(23-25-46)41-12-5-2-6-13-41)53-34-30-47(31-35-53)49-26-27-50-39-58-56(38-51(50)36-49)55-16-7-8-17-57(55)60-58/h1-39H. The Morgan fingerprint density at radius 3 is 1.23 bits per heavy atom. The smallest absolute Gasteiger partial charge is 0.136 e. The molecule has 10 aromatic carbocycles. The van der Waals surface area contributed by atoms with Crippen LogP contribution >= 0.6 is 0 Å². The van der Waals surface area contributed by atoms with Crippen LogP contribution in [0.2, 0.25) is 0 Å². The average Bonchev–Trinajstić information content (AvgIpc) is 3.69. The molecule has 0 saturated carbocycles. The van der Waals surface area contributed by atoms with Crippen LogP contribution in [-0.4, -0.2) is 0 Å². The number of rotatable bonds is 8. The van der Waals surface area contributed by atoms with Gasteiger partial charge in [0.25, 0.3) is 0 Å². The average molecular weight is 766 g/mol. The molecule has 0 radical (unpaired) electrons. The van der Waals surface area contributed by atoms with Crippen molar-refractivity contribution in [3.8, 4) is 55.6 Å². The Balaban J connectivity index is 0.945. The van der Waals surface area contributed by atoms with Gasteiger partial charge in [-0.2, -0.15) is 0 Å². The third kappa shape index (κ3) is 6.70. The summed E-state index contributed by atoms with van der Waals surface area (Å²) in [4.78, 5) is 2.36. The number of hydrogen-bond donors (Lipinski definition) is 0. The van der Waals surface area contributed by atoms with Crippen molar-refractivity contribution in [2.24, 2.45) is 0 Å². The molecule has 0 atom stereocenters. The van der Waals surface area contributed by atoms with E-state index in [1.54, 1.807) is 0 Å². The minimum atomic E-state index is 0.918. The van der Waals surface area contributed by atoms with Crippen molar-refractivity contribution in [1.29, 1.82) is 0 Å². The number of benzene rings is 10. The Labute approximate surface area is 349 Å². The molecule has 2 nitrogen and oxygen atoms in total. The fourth-order valence-corrected chi connectivity index (χ4v) is 8.50. The lowest BCUT2D eigenvalue weighted by Gasteiger charge is -2.26. The first-order valence-corrected chi connectivity index (χ1v) is 20.5. The van der Waals surface area contributed by atoms with Gasteiger partial charge in [-0.3, -0.25) is 0 Å². The number of furan rings is 1. The van der Waals surface area contributed by atoms with E-state index in [1.807, 2.05) is 12.1 Å². The van der Waals surface area contributed by atoms with E-state index in [0.29, 0.717) is 0 Å². The zero-order chi connectivity index (χ0) is 39.8. The van der Waals surface area contributed by atoms with Crippen molar-refractivity contribution < 1.29 is 4.42 Å². The monoisotopic (exact) mass is 765 g/mol. The lowest BCUT2D eigenvalue weighted by Crippen LogP contribution is -2.10. The molecule has 0 unspecified atom stereocenters. The Bertz CT molecular complexity index is 3260. The van der Waals surface area contributed by atoms with Crippen molar-refractivity contribution in [2.45, 2.75) is 0 Å². The molecule has 2 heteroatoms. The number of para-hydroxylation sites is 1. The number of fused-ring (bicyclic) bond motifs is 4. The maximum absolute atomic E-state index is 6.18. The molecule has 0 aliphatic carbocycles. The van der Waals surface area contributed by atoms with Crippen molar-refractivity contribution in [2.75, 3.05) is 4.90 Å². The van der Waals surface area contributed by atoms with E-state index in [-0.39, 0.29) is 0 Å². The highest BCUT2D eigenvalue weighted by molar-refractivity contribution is 6.10. The summed E-state index contributed by atoms with van der Waals surface area (Å²) in [5.74, 6) is 0. The van der Waals surface area contributed by atoms with Crippen LogP contribution < -0.4 is 4.90 Å². The highest BCUT2D eigenvalue weighted by Crippen LogP contribution is 2.40. The second-order valence-corrected chi connectivity index (χ2v) is 15.4. The molecule has 282 valence electrons. The summed E-state index contributed by atoms with van der Waals surface area (Å²) < 4.78 is 6.18. The van der Waals surface area contributed by atoms with Crippen LogP contribution in [0.5, 0.6) is 0 Å². The summed E-state index contributed by atoms with van der Waals surface area (Å²) in [6, 6.07) is 85.0. The third-order valence-corrected chi connectivity index (χ3v) is 11.7. The second kappa shape index (κ2) is 15.1. The van der Waals surface area contributed by atoms with Crippen LogP contribution in [0.15, 0.2) is 241 Å². The van der Waals surface area contributed by atoms with Crippen molar-refractivity contribution in [3.05, 3.63) is 237 Å². The molecular formula is C58H39NO. The Hall–Kier alpha value is -7.94. The van der Waals surface area contributed by atoms with Gasteiger partial charge < -0.3 is 9.32 Å². The summed E-state index contributed by atoms with van der Waals surface area (Å²) in [5, 5.41) is 4.65. The van der Waals surface area contributed by atoms with Crippen LogP contribution in [0.4, 0.5) is 17.1 Å². The van der Waals surface area contributed by atoms with E-state index in [9.17, 15) is 0 Å². The highest BCUT2D eigenvalue weighted by Gasteiger charge is 2.16. The van der Waals surface area contributed by atoms with Gasteiger partial charge in [0.1, 0.15) is 11.2 Å². The van der Waals surface area contributed by atoms with Gasteiger partial charge in [-0.25, -0.2) is 0 Å². The van der Waals surface area contributed by atoms with Crippen LogP contribution in [0.1, 0.15) is 0 Å². The van der Waals surface area contributed by atoms with Gasteiger partial charge in [0.15, 0.2) is 0 Å². The summed E-state index contributed by atoms with van der Waals surface area (Å²) in [6.07, 6.45) is 0. The largest absolute Gasteiger partial charge is 0.456 e. The molecule has 1 heterocycles. The molecule has 11 rings (SSSR count). The normalized spacial score (nSPS) is 11.3. The molecule has 11 aromatic rings. The van der Waals surface area contributed by atoms with Crippen molar-refractivity contribution >= 4 is 49.8 Å². The van der Waals surface area contributed by atoms with Crippen molar-refractivity contribution in [3.63, 3.8) is 0 Å². The quantitative estimate of drug-likeness (QED) is 0.153. The summed E-state index contributed by atoms with van der Waals surface area (Å²) in [7, 11) is 0. The first-order valence-electron chi connectivity index (χ1n) is 20.5. The number of anilines is 3. The Kier molecular flexibility index (Phi) is 8.87. The van der Waals surface area contributed by atoms with Crippen LogP contribution in [0, 0.1) is 0 Å². The maximum Gasteiger partial charge on any atom is 0.136 e.